The van der Waals surface area contributed by atoms with Crippen LogP contribution in [0.4, 0.5) is 0 Å². The fourth-order valence-electron chi connectivity index (χ4n) is 1.14. The van der Waals surface area contributed by atoms with E-state index in [0.29, 0.717) is 12.6 Å². The van der Waals surface area contributed by atoms with Crippen molar-refractivity contribution in [3.05, 3.63) is 12.2 Å². The molecule has 1 aromatic rings. The second kappa shape index (κ2) is 4.21. The minimum atomic E-state index is 0.438. The summed E-state index contributed by atoms with van der Waals surface area (Å²) in [6.07, 6.45) is 3.68. The molecule has 12 heavy (non-hydrogen) atoms. The van der Waals surface area contributed by atoms with Crippen LogP contribution in [0.2, 0.25) is 0 Å². The molecule has 0 aliphatic carbocycles. The normalized spacial score (nSPS) is 11.0. The third-order valence-corrected chi connectivity index (χ3v) is 1.81. The van der Waals surface area contributed by atoms with Crippen LogP contribution in [0.25, 0.3) is 0 Å². The highest BCUT2D eigenvalue weighted by Crippen LogP contribution is 2.07. The van der Waals surface area contributed by atoms with Crippen LogP contribution in [0, 0.1) is 0 Å². The monoisotopic (exact) mass is 168 g/mol. The highest BCUT2D eigenvalue weighted by atomic mass is 15.3. The quantitative estimate of drug-likeness (QED) is 0.721. The smallest absolute Gasteiger partial charge is 0.133 e. The summed E-state index contributed by atoms with van der Waals surface area (Å²) in [5.41, 5.74) is 5.41. The first-order chi connectivity index (χ1) is 5.75. The van der Waals surface area contributed by atoms with Crippen LogP contribution in [-0.4, -0.2) is 21.3 Å². The van der Waals surface area contributed by atoms with Crippen LogP contribution in [0.5, 0.6) is 0 Å². The van der Waals surface area contributed by atoms with Crippen LogP contribution < -0.4 is 5.73 Å². The van der Waals surface area contributed by atoms with E-state index >= 15 is 0 Å². The van der Waals surface area contributed by atoms with Gasteiger partial charge in [0.15, 0.2) is 0 Å². The molecule has 0 unspecified atom stereocenters. The van der Waals surface area contributed by atoms with Gasteiger partial charge >= 0.3 is 0 Å². The van der Waals surface area contributed by atoms with Crippen LogP contribution in [0.1, 0.15) is 32.1 Å². The second-order valence-electron chi connectivity index (χ2n) is 3.14. The summed E-state index contributed by atoms with van der Waals surface area (Å²) in [4.78, 5) is 0. The summed E-state index contributed by atoms with van der Waals surface area (Å²) in [6.45, 7) is 4.95. The van der Waals surface area contributed by atoms with Crippen molar-refractivity contribution < 1.29 is 0 Å². The SMILES string of the molecule is CC(C)n1cnnc1CCCN. The van der Waals surface area contributed by atoms with Gasteiger partial charge in [0.2, 0.25) is 0 Å². The third kappa shape index (κ3) is 2.04. The Balaban J connectivity index is 2.64. The molecule has 0 radical (unpaired) electrons. The maximum Gasteiger partial charge on any atom is 0.133 e. The number of aryl methyl sites for hydroxylation is 1. The molecule has 68 valence electrons. The average molecular weight is 168 g/mol. The predicted molar refractivity (Wildman–Crippen MR) is 47.8 cm³/mol. The molecule has 0 aliphatic heterocycles. The first-order valence-electron chi connectivity index (χ1n) is 4.34. The van der Waals surface area contributed by atoms with Crippen molar-refractivity contribution >= 4 is 0 Å². The zero-order valence-electron chi connectivity index (χ0n) is 7.70. The molecule has 1 aromatic heterocycles. The largest absolute Gasteiger partial charge is 0.330 e. The van der Waals surface area contributed by atoms with Gasteiger partial charge in [-0.1, -0.05) is 0 Å². The lowest BCUT2D eigenvalue weighted by molar-refractivity contribution is 0.561. The Kier molecular flexibility index (Phi) is 3.22. The molecule has 1 heterocycles. The Bertz CT molecular complexity index is 229. The van der Waals surface area contributed by atoms with E-state index in [-0.39, 0.29) is 0 Å². The summed E-state index contributed by atoms with van der Waals surface area (Å²) in [7, 11) is 0. The van der Waals surface area contributed by atoms with Crippen molar-refractivity contribution in [2.75, 3.05) is 6.54 Å². The zero-order valence-corrected chi connectivity index (χ0v) is 7.70. The summed E-state index contributed by atoms with van der Waals surface area (Å²) < 4.78 is 2.08. The fraction of sp³-hybridized carbons (Fsp3) is 0.750. The van der Waals surface area contributed by atoms with E-state index in [1.807, 2.05) is 0 Å². The number of nitrogens with zero attached hydrogens (tertiary/aromatic N) is 3. The Labute approximate surface area is 72.8 Å². The predicted octanol–water partition coefficient (Wildman–Crippen LogP) is 0.750. The molecule has 0 atom stereocenters. The van der Waals surface area contributed by atoms with Crippen LogP contribution in [-0.2, 0) is 6.42 Å². The molecule has 0 saturated heterocycles. The van der Waals surface area contributed by atoms with Gasteiger partial charge in [-0.05, 0) is 26.8 Å². The number of rotatable bonds is 4. The Morgan fingerprint density at radius 3 is 2.92 bits per heavy atom. The molecular formula is C8H16N4. The fourth-order valence-corrected chi connectivity index (χ4v) is 1.14. The molecule has 4 heteroatoms. The van der Waals surface area contributed by atoms with Gasteiger partial charge in [0, 0.05) is 12.5 Å². The van der Waals surface area contributed by atoms with Crippen LogP contribution >= 0.6 is 0 Å². The van der Waals surface area contributed by atoms with Crippen LogP contribution in [0.15, 0.2) is 6.33 Å². The second-order valence-corrected chi connectivity index (χ2v) is 3.14. The first-order valence-corrected chi connectivity index (χ1v) is 4.34. The van der Waals surface area contributed by atoms with Crippen molar-refractivity contribution in [2.45, 2.75) is 32.7 Å². The molecule has 4 nitrogen and oxygen atoms in total. The Morgan fingerprint density at radius 2 is 2.33 bits per heavy atom. The summed E-state index contributed by atoms with van der Waals surface area (Å²) in [6, 6.07) is 0.438. The molecule has 0 fully saturated rings. The summed E-state index contributed by atoms with van der Waals surface area (Å²) in [5, 5.41) is 7.90. The highest BCUT2D eigenvalue weighted by Gasteiger charge is 2.05. The van der Waals surface area contributed by atoms with E-state index in [1.165, 1.54) is 0 Å². The van der Waals surface area contributed by atoms with Gasteiger partial charge in [-0.25, -0.2) is 0 Å². The third-order valence-electron chi connectivity index (χ3n) is 1.81. The maximum absolute atomic E-state index is 5.41. The number of hydrogen-bond acceptors (Lipinski definition) is 3. The van der Waals surface area contributed by atoms with Crippen molar-refractivity contribution in [1.82, 2.24) is 14.8 Å². The van der Waals surface area contributed by atoms with Gasteiger partial charge in [0.05, 0.1) is 0 Å². The molecule has 0 aromatic carbocycles. The average Bonchev–Trinajstić information content (AvgIpc) is 2.48. The highest BCUT2D eigenvalue weighted by molar-refractivity contribution is 4.87. The molecule has 0 aliphatic rings. The molecule has 1 rings (SSSR count). The van der Waals surface area contributed by atoms with Gasteiger partial charge in [-0.3, -0.25) is 0 Å². The van der Waals surface area contributed by atoms with Crippen molar-refractivity contribution in [1.29, 1.82) is 0 Å². The van der Waals surface area contributed by atoms with Gasteiger partial charge in [-0.2, -0.15) is 0 Å². The van der Waals surface area contributed by atoms with Gasteiger partial charge in [0.25, 0.3) is 0 Å². The van der Waals surface area contributed by atoms with Gasteiger partial charge < -0.3 is 10.3 Å². The zero-order chi connectivity index (χ0) is 8.97. The van der Waals surface area contributed by atoms with Crippen molar-refractivity contribution in [2.24, 2.45) is 5.73 Å². The Hall–Kier alpha value is -0.900. The Morgan fingerprint density at radius 1 is 1.58 bits per heavy atom. The van der Waals surface area contributed by atoms with Crippen molar-refractivity contribution in [3.63, 3.8) is 0 Å². The maximum atomic E-state index is 5.41. The van der Waals surface area contributed by atoms with E-state index in [2.05, 4.69) is 28.6 Å². The molecule has 2 N–H and O–H groups in total. The van der Waals surface area contributed by atoms with E-state index < -0.39 is 0 Å². The van der Waals surface area contributed by atoms with E-state index in [9.17, 15) is 0 Å². The standard InChI is InChI=1S/C8H16N4/c1-7(2)12-6-10-11-8(12)4-3-5-9/h6-7H,3-5,9H2,1-2H3. The van der Waals surface area contributed by atoms with Crippen molar-refractivity contribution in [3.8, 4) is 0 Å². The lowest BCUT2D eigenvalue weighted by atomic mass is 10.3. The van der Waals surface area contributed by atoms with E-state index in [0.717, 1.165) is 18.7 Å². The number of hydrogen-bond donors (Lipinski definition) is 1. The first kappa shape index (κ1) is 9.19. The summed E-state index contributed by atoms with van der Waals surface area (Å²) >= 11 is 0. The molecule has 0 saturated carbocycles. The summed E-state index contributed by atoms with van der Waals surface area (Å²) in [5.74, 6) is 1.04. The minimum Gasteiger partial charge on any atom is -0.330 e. The lowest BCUT2D eigenvalue weighted by Crippen LogP contribution is -2.08. The van der Waals surface area contributed by atoms with Gasteiger partial charge in [0.1, 0.15) is 12.2 Å². The van der Waals surface area contributed by atoms with Crippen LogP contribution in [0.3, 0.4) is 0 Å². The topological polar surface area (TPSA) is 56.7 Å². The van der Waals surface area contributed by atoms with E-state index in [4.69, 9.17) is 5.73 Å². The molecule has 0 amide bonds. The molecule has 0 spiro atoms. The minimum absolute atomic E-state index is 0.438. The molecular weight excluding hydrogens is 152 g/mol. The lowest BCUT2D eigenvalue weighted by Gasteiger charge is -2.08. The van der Waals surface area contributed by atoms with Gasteiger partial charge in [-0.15, -0.1) is 10.2 Å². The number of nitrogens with two attached hydrogens (primary N) is 1. The van der Waals surface area contributed by atoms with E-state index in [1.54, 1.807) is 6.33 Å². The molecule has 0 bridgehead atoms. The number of aromatic nitrogens is 3.